The second-order valence-electron chi connectivity index (χ2n) is 4.99. The van der Waals surface area contributed by atoms with Gasteiger partial charge in [-0.1, -0.05) is 18.5 Å². The summed E-state index contributed by atoms with van der Waals surface area (Å²) in [5, 5.41) is 12.3. The predicted molar refractivity (Wildman–Crippen MR) is 85.9 cm³/mol. The molecular weight excluding hydrogens is 290 g/mol. The van der Waals surface area contributed by atoms with Crippen LogP contribution in [0.5, 0.6) is 0 Å². The van der Waals surface area contributed by atoms with Gasteiger partial charge in [0.15, 0.2) is 0 Å². The Hall–Kier alpha value is -1.33. The highest BCUT2D eigenvalue weighted by molar-refractivity contribution is 6.33. The molecule has 1 aromatic rings. The number of rotatable bonds is 9. The molecular formula is C15H24ClN3O2. The van der Waals surface area contributed by atoms with Crippen LogP contribution in [-0.2, 0) is 0 Å². The summed E-state index contributed by atoms with van der Waals surface area (Å²) in [6, 6.07) is 1.70. The maximum atomic E-state index is 12.4. The Morgan fingerprint density at radius 2 is 2.19 bits per heavy atom. The standard InChI is InChI=1S/C15H24ClN3O2/c1-3-7-17-14-10-12(13(16)11-18-14)15(21)19(2)8-5-4-6-9-20/h10-11,20H,3-9H2,1-2H3,(H,17,18). The summed E-state index contributed by atoms with van der Waals surface area (Å²) < 4.78 is 0. The lowest BCUT2D eigenvalue weighted by molar-refractivity contribution is 0.0792. The molecule has 0 unspecified atom stereocenters. The highest BCUT2D eigenvalue weighted by Gasteiger charge is 2.16. The number of nitrogens with zero attached hydrogens (tertiary/aromatic N) is 2. The predicted octanol–water partition coefficient (Wildman–Crippen LogP) is 2.79. The number of aromatic nitrogens is 1. The van der Waals surface area contributed by atoms with E-state index in [1.165, 1.54) is 6.20 Å². The molecule has 0 radical (unpaired) electrons. The molecule has 1 amide bonds. The van der Waals surface area contributed by atoms with Crippen LogP contribution in [0.2, 0.25) is 5.02 Å². The van der Waals surface area contributed by atoms with Crippen LogP contribution in [0.1, 0.15) is 43.0 Å². The second-order valence-corrected chi connectivity index (χ2v) is 5.39. The zero-order chi connectivity index (χ0) is 15.7. The maximum Gasteiger partial charge on any atom is 0.255 e. The number of amides is 1. The van der Waals surface area contributed by atoms with Crippen molar-refractivity contribution in [3.8, 4) is 0 Å². The highest BCUT2D eigenvalue weighted by Crippen LogP contribution is 2.19. The van der Waals surface area contributed by atoms with E-state index in [1.54, 1.807) is 18.0 Å². The molecule has 1 rings (SSSR count). The molecule has 0 spiro atoms. The first kappa shape index (κ1) is 17.7. The summed E-state index contributed by atoms with van der Waals surface area (Å²) in [7, 11) is 1.76. The second kappa shape index (κ2) is 9.58. The Morgan fingerprint density at radius 1 is 1.43 bits per heavy atom. The fourth-order valence-electron chi connectivity index (χ4n) is 1.90. The van der Waals surface area contributed by atoms with E-state index in [4.69, 9.17) is 16.7 Å². The minimum Gasteiger partial charge on any atom is -0.396 e. The highest BCUT2D eigenvalue weighted by atomic mass is 35.5. The maximum absolute atomic E-state index is 12.4. The lowest BCUT2D eigenvalue weighted by Crippen LogP contribution is -2.28. The van der Waals surface area contributed by atoms with Crippen molar-refractivity contribution >= 4 is 23.3 Å². The van der Waals surface area contributed by atoms with E-state index in [0.717, 1.165) is 32.2 Å². The van der Waals surface area contributed by atoms with Crippen molar-refractivity contribution in [3.63, 3.8) is 0 Å². The van der Waals surface area contributed by atoms with Gasteiger partial charge in [-0.25, -0.2) is 4.98 Å². The van der Waals surface area contributed by atoms with Gasteiger partial charge >= 0.3 is 0 Å². The number of unbranched alkanes of at least 4 members (excludes halogenated alkanes) is 2. The third-order valence-electron chi connectivity index (χ3n) is 3.14. The monoisotopic (exact) mass is 313 g/mol. The molecule has 0 aliphatic carbocycles. The van der Waals surface area contributed by atoms with E-state index in [-0.39, 0.29) is 12.5 Å². The number of carbonyl (C=O) groups excluding carboxylic acids is 1. The van der Waals surface area contributed by atoms with Crippen molar-refractivity contribution in [2.75, 3.05) is 32.1 Å². The Labute approximate surface area is 131 Å². The minimum atomic E-state index is -0.106. The molecule has 0 aliphatic heterocycles. The Bertz CT molecular complexity index is 455. The van der Waals surface area contributed by atoms with Crippen LogP contribution < -0.4 is 5.32 Å². The molecule has 0 aliphatic rings. The number of hydrogen-bond acceptors (Lipinski definition) is 4. The molecule has 0 aromatic carbocycles. The summed E-state index contributed by atoms with van der Waals surface area (Å²) in [5.41, 5.74) is 0.468. The van der Waals surface area contributed by atoms with E-state index in [1.807, 2.05) is 0 Å². The summed E-state index contributed by atoms with van der Waals surface area (Å²) in [6.45, 7) is 3.71. The van der Waals surface area contributed by atoms with E-state index >= 15 is 0 Å². The minimum absolute atomic E-state index is 0.106. The summed E-state index contributed by atoms with van der Waals surface area (Å²) in [5.74, 6) is 0.559. The summed E-state index contributed by atoms with van der Waals surface area (Å²) >= 11 is 6.08. The molecule has 0 saturated carbocycles. The average Bonchev–Trinajstić information content (AvgIpc) is 2.49. The first-order chi connectivity index (χ1) is 10.1. The van der Waals surface area contributed by atoms with Gasteiger partial charge in [0.2, 0.25) is 0 Å². The number of hydrogen-bond donors (Lipinski definition) is 2. The van der Waals surface area contributed by atoms with Gasteiger partial charge < -0.3 is 15.3 Å². The molecule has 1 heterocycles. The van der Waals surface area contributed by atoms with E-state index < -0.39 is 0 Å². The van der Waals surface area contributed by atoms with Crippen molar-refractivity contribution < 1.29 is 9.90 Å². The smallest absolute Gasteiger partial charge is 0.255 e. The van der Waals surface area contributed by atoms with E-state index in [2.05, 4.69) is 17.2 Å². The van der Waals surface area contributed by atoms with Gasteiger partial charge in [-0.2, -0.15) is 0 Å². The van der Waals surface area contributed by atoms with Gasteiger partial charge in [0, 0.05) is 32.9 Å². The molecule has 21 heavy (non-hydrogen) atoms. The van der Waals surface area contributed by atoms with Gasteiger partial charge in [0.1, 0.15) is 5.82 Å². The number of anilines is 1. The fraction of sp³-hybridized carbons (Fsp3) is 0.600. The quantitative estimate of drug-likeness (QED) is 0.688. The third-order valence-corrected chi connectivity index (χ3v) is 3.44. The van der Waals surface area contributed by atoms with Gasteiger partial charge in [-0.15, -0.1) is 0 Å². The van der Waals surface area contributed by atoms with Gasteiger partial charge in [0.05, 0.1) is 10.6 Å². The van der Waals surface area contributed by atoms with E-state index in [9.17, 15) is 4.79 Å². The Morgan fingerprint density at radius 3 is 2.86 bits per heavy atom. The molecule has 118 valence electrons. The summed E-state index contributed by atoms with van der Waals surface area (Å²) in [6.07, 6.45) is 5.03. The van der Waals surface area contributed by atoms with Crippen molar-refractivity contribution in [2.45, 2.75) is 32.6 Å². The fourth-order valence-corrected chi connectivity index (χ4v) is 2.08. The van der Waals surface area contributed by atoms with E-state index in [0.29, 0.717) is 22.9 Å². The zero-order valence-corrected chi connectivity index (χ0v) is 13.5. The largest absolute Gasteiger partial charge is 0.396 e. The number of pyridine rings is 1. The van der Waals surface area contributed by atoms with Crippen molar-refractivity contribution in [1.29, 1.82) is 0 Å². The Kier molecular flexibility index (Phi) is 8.08. The first-order valence-electron chi connectivity index (χ1n) is 7.35. The molecule has 0 atom stereocenters. The lowest BCUT2D eigenvalue weighted by Gasteiger charge is -2.18. The molecule has 0 fully saturated rings. The molecule has 0 bridgehead atoms. The van der Waals surface area contributed by atoms with Crippen LogP contribution in [0.15, 0.2) is 12.3 Å². The molecule has 5 nitrogen and oxygen atoms in total. The number of halogens is 1. The van der Waals surface area contributed by atoms with Crippen LogP contribution in [0.4, 0.5) is 5.82 Å². The third kappa shape index (κ3) is 5.89. The van der Waals surface area contributed by atoms with Crippen molar-refractivity contribution in [3.05, 3.63) is 22.8 Å². The van der Waals surface area contributed by atoms with Gasteiger partial charge in [-0.05, 0) is 31.7 Å². The van der Waals surface area contributed by atoms with Crippen LogP contribution in [0, 0.1) is 0 Å². The topological polar surface area (TPSA) is 65.5 Å². The number of nitrogens with one attached hydrogen (secondary N) is 1. The Balaban J connectivity index is 2.66. The lowest BCUT2D eigenvalue weighted by atomic mass is 10.2. The summed E-state index contributed by atoms with van der Waals surface area (Å²) in [4.78, 5) is 18.2. The molecule has 6 heteroatoms. The zero-order valence-electron chi connectivity index (χ0n) is 12.7. The van der Waals surface area contributed by atoms with Crippen LogP contribution in [0.25, 0.3) is 0 Å². The normalized spacial score (nSPS) is 10.5. The molecule has 0 saturated heterocycles. The SMILES string of the molecule is CCCNc1cc(C(=O)N(C)CCCCCO)c(Cl)cn1. The van der Waals surface area contributed by atoms with Gasteiger partial charge in [-0.3, -0.25) is 4.79 Å². The van der Waals surface area contributed by atoms with Gasteiger partial charge in [0.25, 0.3) is 5.91 Å². The molecule has 2 N–H and O–H groups in total. The number of carbonyl (C=O) groups is 1. The number of aliphatic hydroxyl groups is 1. The first-order valence-corrected chi connectivity index (χ1v) is 7.73. The van der Waals surface area contributed by atoms with Crippen LogP contribution in [0.3, 0.4) is 0 Å². The average molecular weight is 314 g/mol. The van der Waals surface area contributed by atoms with Crippen LogP contribution in [-0.4, -0.2) is 47.6 Å². The molecule has 1 aromatic heterocycles. The van der Waals surface area contributed by atoms with Crippen LogP contribution >= 0.6 is 11.6 Å². The number of aliphatic hydroxyl groups excluding tert-OH is 1. The van der Waals surface area contributed by atoms with Crippen molar-refractivity contribution in [1.82, 2.24) is 9.88 Å². The van der Waals surface area contributed by atoms with Crippen molar-refractivity contribution in [2.24, 2.45) is 0 Å².